The molecule has 0 spiro atoms. The van der Waals surface area contributed by atoms with E-state index >= 15 is 0 Å². The molecule has 1 aliphatic heterocycles. The summed E-state index contributed by atoms with van der Waals surface area (Å²) in [6.07, 6.45) is 1.59. The smallest absolute Gasteiger partial charge is 0.137 e. The number of nitrogens with two attached hydrogens (primary N) is 1. The number of rotatable bonds is 3. The van der Waals surface area contributed by atoms with Crippen LogP contribution in [0.2, 0.25) is 0 Å². The van der Waals surface area contributed by atoms with Crippen molar-refractivity contribution in [2.45, 2.75) is 5.25 Å². The van der Waals surface area contributed by atoms with Crippen molar-refractivity contribution in [3.63, 3.8) is 0 Å². The molecule has 1 saturated heterocycles. The maximum atomic E-state index is 5.78. The van der Waals surface area contributed by atoms with Gasteiger partial charge >= 0.3 is 0 Å². The molecule has 3 rings (SSSR count). The summed E-state index contributed by atoms with van der Waals surface area (Å²) in [6.45, 7) is 0.953. The van der Waals surface area contributed by atoms with E-state index in [0.717, 1.165) is 29.0 Å². The van der Waals surface area contributed by atoms with E-state index < -0.39 is 0 Å². The highest BCUT2D eigenvalue weighted by atomic mass is 32.2. The largest absolute Gasteiger partial charge is 0.399 e. The number of anilines is 2. The molecule has 4 nitrogen and oxygen atoms in total. The average molecular weight is 292 g/mol. The molecule has 1 aromatic carbocycles. The van der Waals surface area contributed by atoms with Crippen molar-refractivity contribution >= 4 is 45.9 Å². The fourth-order valence-corrected chi connectivity index (χ4v) is 4.69. The first kappa shape index (κ1) is 12.9. The first-order chi connectivity index (χ1) is 9.33. The lowest BCUT2D eigenvalue weighted by atomic mass is 10.2. The number of nitrogen functional groups attached to an aromatic ring is 1. The van der Waals surface area contributed by atoms with Gasteiger partial charge in [-0.1, -0.05) is 0 Å². The second-order valence-electron chi connectivity index (χ2n) is 4.45. The Morgan fingerprint density at radius 3 is 3.11 bits per heavy atom. The van der Waals surface area contributed by atoms with Crippen molar-refractivity contribution in [3.8, 4) is 0 Å². The number of aromatic nitrogens is 2. The Labute approximate surface area is 121 Å². The Kier molecular flexibility index (Phi) is 3.98. The van der Waals surface area contributed by atoms with E-state index in [-0.39, 0.29) is 0 Å². The Hall–Kier alpha value is -1.14. The van der Waals surface area contributed by atoms with Crippen LogP contribution < -0.4 is 11.1 Å². The van der Waals surface area contributed by atoms with Gasteiger partial charge in [-0.2, -0.15) is 23.5 Å². The van der Waals surface area contributed by atoms with Gasteiger partial charge in [0.15, 0.2) is 0 Å². The van der Waals surface area contributed by atoms with Gasteiger partial charge in [0.2, 0.25) is 0 Å². The van der Waals surface area contributed by atoms with Gasteiger partial charge in [0.05, 0.1) is 5.52 Å². The van der Waals surface area contributed by atoms with Gasteiger partial charge in [-0.25, -0.2) is 9.97 Å². The van der Waals surface area contributed by atoms with Crippen LogP contribution in [-0.2, 0) is 0 Å². The van der Waals surface area contributed by atoms with Crippen LogP contribution in [0.25, 0.3) is 10.9 Å². The second-order valence-corrected chi connectivity index (χ2v) is 7.01. The fourth-order valence-electron chi connectivity index (χ4n) is 2.08. The van der Waals surface area contributed by atoms with E-state index in [4.69, 9.17) is 5.73 Å². The summed E-state index contributed by atoms with van der Waals surface area (Å²) in [5.41, 5.74) is 7.40. The van der Waals surface area contributed by atoms with Crippen LogP contribution in [-0.4, -0.2) is 39.0 Å². The molecule has 2 aromatic rings. The molecule has 1 aliphatic rings. The predicted molar refractivity (Wildman–Crippen MR) is 86.0 cm³/mol. The third-order valence-electron chi connectivity index (χ3n) is 3.04. The van der Waals surface area contributed by atoms with Crippen molar-refractivity contribution in [3.05, 3.63) is 24.5 Å². The van der Waals surface area contributed by atoms with Gasteiger partial charge in [0.1, 0.15) is 12.1 Å². The van der Waals surface area contributed by atoms with E-state index in [1.165, 1.54) is 17.3 Å². The third-order valence-corrected chi connectivity index (χ3v) is 5.89. The molecule has 3 N–H and O–H groups in total. The van der Waals surface area contributed by atoms with Crippen LogP contribution in [0, 0.1) is 0 Å². The first-order valence-electron chi connectivity index (χ1n) is 6.26. The molecular formula is C13H16N4S2. The SMILES string of the molecule is Nc1ccc2c(NCC3CSCCS3)ncnc2c1. The zero-order valence-electron chi connectivity index (χ0n) is 10.5. The number of fused-ring (bicyclic) bond motifs is 1. The summed E-state index contributed by atoms with van der Waals surface area (Å²) in [5, 5.41) is 5.15. The molecule has 2 heterocycles. The number of thioether (sulfide) groups is 2. The predicted octanol–water partition coefficient (Wildman–Crippen LogP) is 2.47. The quantitative estimate of drug-likeness (QED) is 0.847. The van der Waals surface area contributed by atoms with Gasteiger partial charge in [-0.05, 0) is 18.2 Å². The van der Waals surface area contributed by atoms with Crippen molar-refractivity contribution in [2.24, 2.45) is 0 Å². The highest BCUT2D eigenvalue weighted by molar-refractivity contribution is 8.06. The molecule has 1 fully saturated rings. The number of nitrogens with zero attached hydrogens (tertiary/aromatic N) is 2. The number of hydrogen-bond donors (Lipinski definition) is 2. The molecule has 1 unspecified atom stereocenters. The second kappa shape index (κ2) is 5.88. The number of benzene rings is 1. The molecule has 100 valence electrons. The Morgan fingerprint density at radius 2 is 2.26 bits per heavy atom. The van der Waals surface area contributed by atoms with Gasteiger partial charge in [0.25, 0.3) is 0 Å². The summed E-state index contributed by atoms with van der Waals surface area (Å²) in [4.78, 5) is 8.60. The van der Waals surface area contributed by atoms with Gasteiger partial charge in [0, 0.05) is 40.1 Å². The minimum atomic E-state index is 0.664. The van der Waals surface area contributed by atoms with E-state index in [2.05, 4.69) is 15.3 Å². The molecule has 0 amide bonds. The summed E-state index contributed by atoms with van der Waals surface area (Å²) in [6, 6.07) is 5.76. The van der Waals surface area contributed by atoms with Crippen LogP contribution in [0.1, 0.15) is 0 Å². The monoisotopic (exact) mass is 292 g/mol. The highest BCUT2D eigenvalue weighted by Crippen LogP contribution is 2.25. The Bertz CT molecular complexity index is 570. The maximum Gasteiger partial charge on any atom is 0.137 e. The molecule has 1 aromatic heterocycles. The van der Waals surface area contributed by atoms with E-state index in [9.17, 15) is 0 Å². The molecule has 0 aliphatic carbocycles. The van der Waals surface area contributed by atoms with Gasteiger partial charge in [-0.3, -0.25) is 0 Å². The van der Waals surface area contributed by atoms with Crippen LogP contribution >= 0.6 is 23.5 Å². The van der Waals surface area contributed by atoms with Crippen LogP contribution in [0.4, 0.5) is 11.5 Å². The van der Waals surface area contributed by atoms with Crippen molar-refractivity contribution < 1.29 is 0 Å². The standard InChI is InChI=1S/C13H16N4S2/c14-9-1-2-11-12(5-9)16-8-17-13(11)15-6-10-7-18-3-4-19-10/h1-2,5,8,10H,3-4,6-7,14H2,(H,15,16,17). The maximum absolute atomic E-state index is 5.78. The lowest BCUT2D eigenvalue weighted by molar-refractivity contribution is 0.993. The Morgan fingerprint density at radius 1 is 1.32 bits per heavy atom. The lowest BCUT2D eigenvalue weighted by Crippen LogP contribution is -2.23. The highest BCUT2D eigenvalue weighted by Gasteiger charge is 2.14. The summed E-state index contributed by atoms with van der Waals surface area (Å²) >= 11 is 4.08. The van der Waals surface area contributed by atoms with Crippen molar-refractivity contribution in [1.29, 1.82) is 0 Å². The zero-order valence-corrected chi connectivity index (χ0v) is 12.1. The fraction of sp³-hybridized carbons (Fsp3) is 0.385. The summed E-state index contributed by atoms with van der Waals surface area (Å²) in [5.74, 6) is 4.64. The summed E-state index contributed by atoms with van der Waals surface area (Å²) < 4.78 is 0. The molecule has 1 atom stereocenters. The van der Waals surface area contributed by atoms with Gasteiger partial charge in [-0.15, -0.1) is 0 Å². The molecule has 6 heteroatoms. The molecule has 0 bridgehead atoms. The lowest BCUT2D eigenvalue weighted by Gasteiger charge is -2.21. The number of nitrogens with one attached hydrogen (secondary N) is 1. The van der Waals surface area contributed by atoms with Crippen LogP contribution in [0.3, 0.4) is 0 Å². The minimum Gasteiger partial charge on any atom is -0.399 e. The van der Waals surface area contributed by atoms with Crippen LogP contribution in [0.15, 0.2) is 24.5 Å². The third kappa shape index (κ3) is 3.06. The van der Waals surface area contributed by atoms with E-state index in [1.807, 2.05) is 41.7 Å². The minimum absolute atomic E-state index is 0.664. The van der Waals surface area contributed by atoms with Crippen LogP contribution in [0.5, 0.6) is 0 Å². The van der Waals surface area contributed by atoms with E-state index in [0.29, 0.717) is 5.25 Å². The summed E-state index contributed by atoms with van der Waals surface area (Å²) in [7, 11) is 0. The van der Waals surface area contributed by atoms with Crippen molar-refractivity contribution in [2.75, 3.05) is 34.9 Å². The normalized spacial score (nSPS) is 19.5. The molecule has 0 radical (unpaired) electrons. The number of hydrogen-bond acceptors (Lipinski definition) is 6. The molecular weight excluding hydrogens is 276 g/mol. The van der Waals surface area contributed by atoms with Gasteiger partial charge < -0.3 is 11.1 Å². The molecule has 0 saturated carbocycles. The first-order valence-corrected chi connectivity index (χ1v) is 8.47. The zero-order chi connectivity index (χ0) is 13.1. The average Bonchev–Trinajstić information content (AvgIpc) is 2.45. The molecule has 19 heavy (non-hydrogen) atoms. The topological polar surface area (TPSA) is 63.8 Å². The van der Waals surface area contributed by atoms with Crippen molar-refractivity contribution in [1.82, 2.24) is 9.97 Å². The Balaban J connectivity index is 1.76. The van der Waals surface area contributed by atoms with E-state index in [1.54, 1.807) is 6.33 Å².